The molecule has 0 aromatic heterocycles. The molecule has 1 amide bonds. The van der Waals surface area contributed by atoms with E-state index in [-0.39, 0.29) is 11.7 Å². The van der Waals surface area contributed by atoms with Crippen LogP contribution < -0.4 is 5.32 Å². The smallest absolute Gasteiger partial charge is 0.224 e. The number of phenolic OH excluding ortho intramolecular Hbond substituents is 1. The molecule has 0 atom stereocenters. The van der Waals surface area contributed by atoms with Gasteiger partial charge >= 0.3 is 0 Å². The monoisotopic (exact) mass is 243 g/mol. The Labute approximate surface area is 84.9 Å². The fraction of sp³-hybridized carbons (Fsp3) is 0.222. The van der Waals surface area contributed by atoms with E-state index < -0.39 is 0 Å². The number of nitrogens with one attached hydrogen (secondary N) is 1. The van der Waals surface area contributed by atoms with Crippen LogP contribution in [0.15, 0.2) is 22.7 Å². The average molecular weight is 244 g/mol. The van der Waals surface area contributed by atoms with Crippen LogP contribution in [0.5, 0.6) is 5.75 Å². The van der Waals surface area contributed by atoms with Gasteiger partial charge in [-0.15, -0.1) is 0 Å². The Hall–Kier alpha value is -1.03. The van der Waals surface area contributed by atoms with Crippen LogP contribution in [0.25, 0.3) is 0 Å². The van der Waals surface area contributed by atoms with Gasteiger partial charge in [0.25, 0.3) is 0 Å². The lowest BCUT2D eigenvalue weighted by Gasteiger charge is -2.04. The van der Waals surface area contributed by atoms with E-state index >= 15 is 0 Å². The van der Waals surface area contributed by atoms with Crippen LogP contribution in [0.1, 0.15) is 13.3 Å². The van der Waals surface area contributed by atoms with Crippen molar-refractivity contribution >= 4 is 27.5 Å². The molecule has 0 fully saturated rings. The summed E-state index contributed by atoms with van der Waals surface area (Å²) in [6.45, 7) is 1.77. The number of halogens is 1. The molecule has 1 rings (SSSR count). The highest BCUT2D eigenvalue weighted by Crippen LogP contribution is 2.26. The second-order valence-electron chi connectivity index (χ2n) is 2.57. The Morgan fingerprint density at radius 3 is 2.85 bits per heavy atom. The van der Waals surface area contributed by atoms with Gasteiger partial charge < -0.3 is 10.4 Å². The number of hydrogen-bond donors (Lipinski definition) is 2. The molecule has 0 aliphatic heterocycles. The highest BCUT2D eigenvalue weighted by atomic mass is 79.9. The van der Waals surface area contributed by atoms with Crippen molar-refractivity contribution in [3.05, 3.63) is 22.7 Å². The van der Waals surface area contributed by atoms with Crippen LogP contribution in [0.2, 0.25) is 0 Å². The maximum Gasteiger partial charge on any atom is 0.224 e. The molecular weight excluding hydrogens is 234 g/mol. The van der Waals surface area contributed by atoms with E-state index in [1.807, 2.05) is 0 Å². The standard InChI is InChI=1S/C9H10BrNO2/c1-2-9(13)11-6-3-4-7(10)8(12)5-6/h3-5,12H,2H2,1H3,(H,11,13). The first-order valence-corrected chi connectivity index (χ1v) is 4.71. The lowest BCUT2D eigenvalue weighted by molar-refractivity contribution is -0.115. The summed E-state index contributed by atoms with van der Waals surface area (Å²) < 4.78 is 0.613. The number of rotatable bonds is 2. The molecule has 70 valence electrons. The molecule has 1 aromatic carbocycles. The number of carbonyl (C=O) groups is 1. The van der Waals surface area contributed by atoms with Crippen LogP contribution in [-0.2, 0) is 4.79 Å². The van der Waals surface area contributed by atoms with Gasteiger partial charge in [-0.05, 0) is 28.1 Å². The largest absolute Gasteiger partial charge is 0.507 e. The van der Waals surface area contributed by atoms with Gasteiger partial charge in [-0.1, -0.05) is 6.92 Å². The Morgan fingerprint density at radius 2 is 2.31 bits per heavy atom. The first kappa shape index (κ1) is 10.1. The molecule has 0 unspecified atom stereocenters. The molecule has 0 aliphatic rings. The normalized spacial score (nSPS) is 9.69. The maximum atomic E-state index is 11.0. The van der Waals surface area contributed by atoms with E-state index in [1.54, 1.807) is 19.1 Å². The first-order chi connectivity index (χ1) is 6.13. The molecule has 0 aliphatic carbocycles. The van der Waals surface area contributed by atoms with Crippen molar-refractivity contribution in [3.8, 4) is 5.75 Å². The summed E-state index contributed by atoms with van der Waals surface area (Å²) in [7, 11) is 0. The molecule has 0 saturated heterocycles. The van der Waals surface area contributed by atoms with Crippen LogP contribution >= 0.6 is 15.9 Å². The highest BCUT2D eigenvalue weighted by Gasteiger charge is 2.01. The lowest BCUT2D eigenvalue weighted by Crippen LogP contribution is -2.08. The number of benzene rings is 1. The second kappa shape index (κ2) is 4.28. The molecule has 3 nitrogen and oxygen atoms in total. The Bertz CT molecular complexity index is 325. The summed E-state index contributed by atoms with van der Waals surface area (Å²) in [4.78, 5) is 11.0. The molecule has 1 aromatic rings. The van der Waals surface area contributed by atoms with Crippen molar-refractivity contribution < 1.29 is 9.90 Å². The average Bonchev–Trinajstić information content (AvgIpc) is 2.11. The minimum absolute atomic E-state index is 0.0678. The van der Waals surface area contributed by atoms with Crippen LogP contribution in [0.4, 0.5) is 5.69 Å². The van der Waals surface area contributed by atoms with Crippen molar-refractivity contribution in [2.75, 3.05) is 5.32 Å². The summed E-state index contributed by atoms with van der Waals surface area (Å²) in [6, 6.07) is 4.90. The fourth-order valence-corrected chi connectivity index (χ4v) is 1.09. The molecule has 0 heterocycles. The van der Waals surface area contributed by atoms with Crippen LogP contribution in [0.3, 0.4) is 0 Å². The molecule has 0 radical (unpaired) electrons. The van der Waals surface area contributed by atoms with Crippen LogP contribution in [0, 0.1) is 0 Å². The number of amides is 1. The van der Waals surface area contributed by atoms with Gasteiger partial charge in [0.15, 0.2) is 0 Å². The Kier molecular flexibility index (Phi) is 3.31. The maximum absolute atomic E-state index is 11.0. The van der Waals surface area contributed by atoms with E-state index in [1.165, 1.54) is 6.07 Å². The van der Waals surface area contributed by atoms with Gasteiger partial charge in [-0.3, -0.25) is 4.79 Å². The summed E-state index contributed by atoms with van der Waals surface area (Å²) in [6.07, 6.45) is 0.427. The molecule has 0 spiro atoms. The van der Waals surface area contributed by atoms with Crippen molar-refractivity contribution in [1.29, 1.82) is 0 Å². The Morgan fingerprint density at radius 1 is 1.62 bits per heavy atom. The SMILES string of the molecule is CCC(=O)Nc1ccc(Br)c(O)c1. The van der Waals surface area contributed by atoms with Crippen molar-refractivity contribution in [2.24, 2.45) is 0 Å². The number of anilines is 1. The molecule has 0 bridgehead atoms. The minimum Gasteiger partial charge on any atom is -0.507 e. The third-order valence-corrected chi connectivity index (χ3v) is 2.22. The second-order valence-corrected chi connectivity index (χ2v) is 3.42. The molecule has 2 N–H and O–H groups in total. The molecular formula is C9H10BrNO2. The van der Waals surface area contributed by atoms with Gasteiger partial charge in [-0.2, -0.15) is 0 Å². The summed E-state index contributed by atoms with van der Waals surface area (Å²) in [5.41, 5.74) is 0.604. The first-order valence-electron chi connectivity index (χ1n) is 3.92. The fourth-order valence-electron chi connectivity index (χ4n) is 0.840. The number of hydrogen-bond acceptors (Lipinski definition) is 2. The zero-order valence-corrected chi connectivity index (χ0v) is 8.76. The zero-order valence-electron chi connectivity index (χ0n) is 7.17. The molecule has 4 heteroatoms. The third kappa shape index (κ3) is 2.73. The van der Waals surface area contributed by atoms with E-state index in [0.29, 0.717) is 16.6 Å². The summed E-state index contributed by atoms with van der Waals surface area (Å²) in [5.74, 6) is 0.0515. The zero-order chi connectivity index (χ0) is 9.84. The predicted molar refractivity (Wildman–Crippen MR) is 54.7 cm³/mol. The lowest BCUT2D eigenvalue weighted by atomic mass is 10.3. The van der Waals surface area contributed by atoms with E-state index in [9.17, 15) is 9.90 Å². The molecule has 0 saturated carbocycles. The van der Waals surface area contributed by atoms with E-state index in [2.05, 4.69) is 21.2 Å². The number of aromatic hydroxyl groups is 1. The summed E-state index contributed by atoms with van der Waals surface area (Å²) >= 11 is 3.15. The van der Waals surface area contributed by atoms with Gasteiger partial charge in [0.2, 0.25) is 5.91 Å². The minimum atomic E-state index is -0.0678. The van der Waals surface area contributed by atoms with Crippen molar-refractivity contribution in [2.45, 2.75) is 13.3 Å². The van der Waals surface area contributed by atoms with Crippen LogP contribution in [-0.4, -0.2) is 11.0 Å². The predicted octanol–water partition coefficient (Wildman–Crippen LogP) is 2.50. The summed E-state index contributed by atoms with van der Waals surface area (Å²) in [5, 5.41) is 11.9. The quantitative estimate of drug-likeness (QED) is 0.839. The topological polar surface area (TPSA) is 49.3 Å². The number of carbonyl (C=O) groups excluding carboxylic acids is 1. The molecule has 13 heavy (non-hydrogen) atoms. The van der Waals surface area contributed by atoms with Gasteiger partial charge in [0.1, 0.15) is 5.75 Å². The van der Waals surface area contributed by atoms with Gasteiger partial charge in [0.05, 0.1) is 4.47 Å². The van der Waals surface area contributed by atoms with E-state index in [4.69, 9.17) is 0 Å². The number of phenols is 1. The van der Waals surface area contributed by atoms with Gasteiger partial charge in [0, 0.05) is 18.2 Å². The highest BCUT2D eigenvalue weighted by molar-refractivity contribution is 9.10. The third-order valence-electron chi connectivity index (χ3n) is 1.55. The Balaban J connectivity index is 2.79. The van der Waals surface area contributed by atoms with E-state index in [0.717, 1.165) is 0 Å². The van der Waals surface area contributed by atoms with Gasteiger partial charge in [-0.25, -0.2) is 0 Å². The van der Waals surface area contributed by atoms with Crippen molar-refractivity contribution in [1.82, 2.24) is 0 Å². The van der Waals surface area contributed by atoms with Crippen molar-refractivity contribution in [3.63, 3.8) is 0 Å².